The minimum Gasteiger partial charge on any atom is -0.444 e. The number of hydrogen-bond acceptors (Lipinski definition) is 8. The van der Waals surface area contributed by atoms with Gasteiger partial charge in [-0.2, -0.15) is 18.2 Å². The van der Waals surface area contributed by atoms with Gasteiger partial charge in [0.15, 0.2) is 0 Å². The summed E-state index contributed by atoms with van der Waals surface area (Å²) in [4.78, 5) is 20.6. The number of anilines is 2. The number of ether oxygens (including phenoxy) is 1. The van der Waals surface area contributed by atoms with Crippen LogP contribution in [0.3, 0.4) is 0 Å². The Morgan fingerprint density at radius 3 is 2.29 bits per heavy atom. The van der Waals surface area contributed by atoms with Gasteiger partial charge >= 0.3 is 12.3 Å². The molecule has 0 spiro atoms. The maximum Gasteiger partial charge on any atom is 0.416 e. The molecule has 1 heterocycles. The lowest BCUT2D eigenvalue weighted by molar-refractivity contribution is -0.137. The zero-order valence-electron chi connectivity index (χ0n) is 25.3. The van der Waals surface area contributed by atoms with Gasteiger partial charge in [-0.05, 0) is 88.6 Å². The van der Waals surface area contributed by atoms with Gasteiger partial charge in [-0.25, -0.2) is 22.9 Å². The fourth-order valence-corrected chi connectivity index (χ4v) is 6.66. The van der Waals surface area contributed by atoms with Crippen LogP contribution < -0.4 is 20.7 Å². The fraction of sp³-hybridized carbons (Fsp3) is 0.500. The van der Waals surface area contributed by atoms with E-state index in [1.54, 1.807) is 20.8 Å². The number of carbonyl (C=O) groups excluding carboxylic acids is 1. The number of para-hydroxylation sites is 1. The molecule has 0 atom stereocenters. The number of aromatic nitrogens is 2. The number of nitrogens with one attached hydrogen (secondary N) is 4. The van der Waals surface area contributed by atoms with E-state index < -0.39 is 38.4 Å². The third-order valence-electron chi connectivity index (χ3n) is 7.31. The van der Waals surface area contributed by atoms with E-state index in [1.165, 1.54) is 0 Å². The van der Waals surface area contributed by atoms with Crippen LogP contribution in [0, 0.1) is 11.8 Å². The van der Waals surface area contributed by atoms with Crippen LogP contribution in [0.25, 0.3) is 10.9 Å². The maximum absolute atomic E-state index is 13.1. The van der Waals surface area contributed by atoms with Gasteiger partial charge < -0.3 is 20.7 Å². The molecule has 0 aliphatic heterocycles. The van der Waals surface area contributed by atoms with Crippen LogP contribution >= 0.6 is 11.6 Å². The topological polar surface area (TPSA) is 134 Å². The summed E-state index contributed by atoms with van der Waals surface area (Å²) in [6, 6.07) is 9.86. The summed E-state index contributed by atoms with van der Waals surface area (Å²) >= 11 is 5.93. The molecule has 1 aliphatic rings. The number of carbonyl (C=O) groups is 1. The van der Waals surface area contributed by atoms with Crippen LogP contribution in [-0.4, -0.2) is 56.3 Å². The highest BCUT2D eigenvalue weighted by atomic mass is 35.5. The maximum atomic E-state index is 13.1. The molecule has 0 saturated heterocycles. The highest BCUT2D eigenvalue weighted by Crippen LogP contribution is 2.34. The smallest absolute Gasteiger partial charge is 0.416 e. The van der Waals surface area contributed by atoms with Crippen molar-refractivity contribution in [1.82, 2.24) is 20.0 Å². The number of benzene rings is 2. The summed E-state index contributed by atoms with van der Waals surface area (Å²) in [5.74, 6) is 1.44. The van der Waals surface area contributed by atoms with Crippen molar-refractivity contribution >= 4 is 50.4 Å². The van der Waals surface area contributed by atoms with E-state index in [4.69, 9.17) is 16.3 Å². The Morgan fingerprint density at radius 2 is 1.62 bits per heavy atom. The number of amides is 1. The number of hydrogen-bond donors (Lipinski definition) is 4. The molecule has 3 aromatic rings. The van der Waals surface area contributed by atoms with E-state index in [9.17, 15) is 26.4 Å². The average Bonchev–Trinajstić information content (AvgIpc) is 2.96. The third kappa shape index (κ3) is 10.1. The second-order valence-electron chi connectivity index (χ2n) is 12.0. The van der Waals surface area contributed by atoms with Gasteiger partial charge in [0.05, 0.1) is 16.1 Å². The van der Waals surface area contributed by atoms with E-state index in [0.717, 1.165) is 48.7 Å². The highest BCUT2D eigenvalue weighted by molar-refractivity contribution is 7.89. The Hall–Kier alpha value is -3.36. The van der Waals surface area contributed by atoms with Crippen molar-refractivity contribution in [2.75, 3.05) is 36.8 Å². The Labute approximate surface area is 265 Å². The van der Waals surface area contributed by atoms with Crippen molar-refractivity contribution in [3.63, 3.8) is 0 Å². The van der Waals surface area contributed by atoms with Gasteiger partial charge in [0.1, 0.15) is 16.3 Å². The highest BCUT2D eigenvalue weighted by Gasteiger charge is 2.33. The molecular weight excluding hydrogens is 633 g/mol. The van der Waals surface area contributed by atoms with Crippen molar-refractivity contribution in [3.05, 3.63) is 53.1 Å². The Morgan fingerprint density at radius 1 is 0.956 bits per heavy atom. The van der Waals surface area contributed by atoms with E-state index in [1.807, 2.05) is 24.3 Å². The molecule has 4 rings (SSSR count). The Kier molecular flexibility index (Phi) is 11.0. The number of alkyl carbamates (subject to hydrolysis) is 1. The van der Waals surface area contributed by atoms with Gasteiger partial charge in [-0.1, -0.05) is 23.7 Å². The van der Waals surface area contributed by atoms with E-state index in [2.05, 4.69) is 30.6 Å². The van der Waals surface area contributed by atoms with Crippen molar-refractivity contribution < 1.29 is 31.1 Å². The fourth-order valence-electron chi connectivity index (χ4n) is 5.02. The zero-order valence-corrected chi connectivity index (χ0v) is 26.9. The lowest BCUT2D eigenvalue weighted by atomic mass is 9.82. The largest absolute Gasteiger partial charge is 0.444 e. The number of alkyl halides is 3. The summed E-state index contributed by atoms with van der Waals surface area (Å²) in [7, 11) is -4.22. The number of rotatable bonds is 11. The van der Waals surface area contributed by atoms with Crippen LogP contribution in [0.15, 0.2) is 47.4 Å². The monoisotopic (exact) mass is 670 g/mol. The van der Waals surface area contributed by atoms with Crippen molar-refractivity contribution in [1.29, 1.82) is 0 Å². The van der Waals surface area contributed by atoms with Crippen molar-refractivity contribution in [2.45, 2.75) is 63.1 Å². The molecule has 15 heteroatoms. The molecule has 1 amide bonds. The van der Waals surface area contributed by atoms with Crippen molar-refractivity contribution in [2.24, 2.45) is 11.8 Å². The zero-order chi connectivity index (χ0) is 32.8. The van der Waals surface area contributed by atoms with E-state index >= 15 is 0 Å². The van der Waals surface area contributed by atoms with Gasteiger partial charge in [-0.3, -0.25) is 0 Å². The first-order valence-corrected chi connectivity index (χ1v) is 16.5. The summed E-state index contributed by atoms with van der Waals surface area (Å²) in [6.07, 6.45) is -2.01. The summed E-state index contributed by atoms with van der Waals surface area (Å²) in [6.45, 7) is 6.89. The van der Waals surface area contributed by atoms with E-state index in [0.29, 0.717) is 43.4 Å². The normalized spacial score (nSPS) is 17.6. The second kappa shape index (κ2) is 14.4. The van der Waals surface area contributed by atoms with Crippen LogP contribution in [0.4, 0.5) is 29.7 Å². The quantitative estimate of drug-likeness (QED) is 0.171. The second-order valence-corrected chi connectivity index (χ2v) is 14.2. The SMILES string of the molecule is CC(C)(C)OC(=O)NCCNc1nc(NCC2CCC(CNS(=O)(=O)c3cc(C(F)(F)F)ccc3Cl)CC2)nc2ccccc12. The number of nitrogens with zero attached hydrogens (tertiary/aromatic N) is 2. The van der Waals surface area contributed by atoms with Crippen LogP contribution in [-0.2, 0) is 20.9 Å². The molecule has 45 heavy (non-hydrogen) atoms. The molecule has 0 unspecified atom stereocenters. The Bertz CT molecular complexity index is 1590. The number of fused-ring (bicyclic) bond motifs is 1. The average molecular weight is 671 g/mol. The predicted octanol–water partition coefficient (Wildman–Crippen LogP) is 6.44. The third-order valence-corrected chi connectivity index (χ3v) is 9.22. The molecule has 0 radical (unpaired) electrons. The van der Waals surface area contributed by atoms with Gasteiger partial charge in [0.2, 0.25) is 16.0 Å². The molecule has 1 saturated carbocycles. The molecule has 0 bridgehead atoms. The van der Waals surface area contributed by atoms with Gasteiger partial charge in [-0.15, -0.1) is 0 Å². The minimum absolute atomic E-state index is 0.0441. The predicted molar refractivity (Wildman–Crippen MR) is 168 cm³/mol. The molecule has 1 aromatic heterocycles. The van der Waals surface area contributed by atoms with E-state index in [-0.39, 0.29) is 17.5 Å². The molecule has 1 fully saturated rings. The number of sulfonamides is 1. The summed E-state index contributed by atoms with van der Waals surface area (Å²) < 4.78 is 72.5. The van der Waals surface area contributed by atoms with Crippen molar-refractivity contribution in [3.8, 4) is 0 Å². The van der Waals surface area contributed by atoms with Gasteiger partial charge in [0.25, 0.3) is 0 Å². The molecule has 10 nitrogen and oxygen atoms in total. The molecular formula is C30H38ClF3N6O4S. The first-order chi connectivity index (χ1) is 21.1. The molecule has 1 aliphatic carbocycles. The summed E-state index contributed by atoms with van der Waals surface area (Å²) in [5.41, 5.74) is -0.898. The van der Waals surface area contributed by atoms with Gasteiger partial charge in [0, 0.05) is 31.6 Å². The lowest BCUT2D eigenvalue weighted by Crippen LogP contribution is -2.35. The first kappa shape index (κ1) is 34.5. The number of halogens is 4. The summed E-state index contributed by atoms with van der Waals surface area (Å²) in [5, 5.41) is 9.88. The first-order valence-electron chi connectivity index (χ1n) is 14.7. The molecule has 4 N–H and O–H groups in total. The molecule has 246 valence electrons. The lowest BCUT2D eigenvalue weighted by Gasteiger charge is -2.28. The Balaban J connectivity index is 1.27. The van der Waals surface area contributed by atoms with Crippen LogP contribution in [0.2, 0.25) is 5.02 Å². The van der Waals surface area contributed by atoms with Crippen LogP contribution in [0.1, 0.15) is 52.0 Å². The van der Waals surface area contributed by atoms with Crippen LogP contribution in [0.5, 0.6) is 0 Å². The minimum atomic E-state index is -4.68. The standard InChI is InChI=1S/C30H38ClF3N6O4S/c1-29(2,3)44-28(41)36-15-14-35-26-22-6-4-5-7-24(22)39-27(40-26)37-17-19-8-10-20(11-9-19)18-38-45(42,43)25-16-21(30(32,33)34)12-13-23(25)31/h4-7,12-13,16,19-20,38H,8-11,14-15,17-18H2,1-3H3,(H,36,41)(H2,35,37,39,40). The molecule has 2 aromatic carbocycles.